The van der Waals surface area contributed by atoms with Gasteiger partial charge in [0, 0.05) is 18.7 Å². The van der Waals surface area contributed by atoms with Gasteiger partial charge in [-0.25, -0.2) is 13.6 Å². The Morgan fingerprint density at radius 3 is 2.56 bits per heavy atom. The number of halogens is 2. The molecule has 0 spiro atoms. The van der Waals surface area contributed by atoms with Crippen molar-refractivity contribution >= 4 is 6.03 Å². The van der Waals surface area contributed by atoms with Crippen molar-refractivity contribution in [2.24, 2.45) is 0 Å². The van der Waals surface area contributed by atoms with Gasteiger partial charge in [-0.2, -0.15) is 0 Å². The Bertz CT molecular complexity index is 695. The van der Waals surface area contributed by atoms with E-state index in [1.807, 2.05) is 30.3 Å². The van der Waals surface area contributed by atoms with Crippen LogP contribution in [0.4, 0.5) is 13.6 Å². The van der Waals surface area contributed by atoms with E-state index in [4.69, 9.17) is 0 Å². The molecule has 25 heavy (non-hydrogen) atoms. The standard InChI is InChI=1S/C19H22F2N2O2/c1-2-18(16-12-15(20)8-9-17(16)21)22-19(25)23(10-11-24)13-14-6-4-3-5-7-14/h3-9,12,18,24H,2,10-11,13H2,1H3,(H,22,25). The number of amides is 2. The molecule has 0 aliphatic heterocycles. The van der Waals surface area contributed by atoms with E-state index in [0.29, 0.717) is 13.0 Å². The first-order valence-corrected chi connectivity index (χ1v) is 8.20. The van der Waals surface area contributed by atoms with Crippen molar-refractivity contribution in [3.05, 3.63) is 71.3 Å². The summed E-state index contributed by atoms with van der Waals surface area (Å²) in [5.41, 5.74) is 1.02. The van der Waals surface area contributed by atoms with Gasteiger partial charge in [0.1, 0.15) is 11.6 Å². The maximum Gasteiger partial charge on any atom is 0.318 e. The highest BCUT2D eigenvalue weighted by Crippen LogP contribution is 2.21. The van der Waals surface area contributed by atoms with Gasteiger partial charge in [0.15, 0.2) is 0 Å². The van der Waals surface area contributed by atoms with E-state index < -0.39 is 23.7 Å². The molecule has 1 atom stereocenters. The van der Waals surface area contributed by atoms with Crippen LogP contribution in [0.3, 0.4) is 0 Å². The number of carbonyl (C=O) groups excluding carboxylic acids is 1. The fourth-order valence-electron chi connectivity index (χ4n) is 2.60. The molecule has 0 saturated heterocycles. The quantitative estimate of drug-likeness (QED) is 0.803. The first kappa shape index (κ1) is 18.9. The molecule has 2 aromatic rings. The average Bonchev–Trinajstić information content (AvgIpc) is 2.62. The van der Waals surface area contributed by atoms with Gasteiger partial charge in [0.05, 0.1) is 12.6 Å². The maximum absolute atomic E-state index is 14.0. The molecular formula is C19H22F2N2O2. The predicted molar refractivity (Wildman–Crippen MR) is 91.9 cm³/mol. The zero-order valence-corrected chi connectivity index (χ0v) is 14.1. The normalized spacial score (nSPS) is 11.8. The van der Waals surface area contributed by atoms with Gasteiger partial charge in [0.25, 0.3) is 0 Å². The zero-order valence-electron chi connectivity index (χ0n) is 14.1. The maximum atomic E-state index is 14.0. The molecule has 0 radical (unpaired) electrons. The molecule has 4 nitrogen and oxygen atoms in total. The van der Waals surface area contributed by atoms with Crippen molar-refractivity contribution in [1.82, 2.24) is 10.2 Å². The second-order valence-corrected chi connectivity index (χ2v) is 5.71. The number of rotatable bonds is 7. The van der Waals surface area contributed by atoms with Gasteiger partial charge < -0.3 is 15.3 Å². The number of hydrogen-bond donors (Lipinski definition) is 2. The highest BCUT2D eigenvalue weighted by atomic mass is 19.1. The third-order valence-corrected chi connectivity index (χ3v) is 3.91. The number of hydrogen-bond acceptors (Lipinski definition) is 2. The third-order valence-electron chi connectivity index (χ3n) is 3.91. The summed E-state index contributed by atoms with van der Waals surface area (Å²) in [6.45, 7) is 2.05. The van der Waals surface area contributed by atoms with Gasteiger partial charge in [0.2, 0.25) is 0 Å². The molecule has 2 amide bonds. The molecule has 0 aliphatic rings. The highest BCUT2D eigenvalue weighted by Gasteiger charge is 2.21. The summed E-state index contributed by atoms with van der Waals surface area (Å²) in [6, 6.07) is 11.5. The van der Waals surface area contributed by atoms with E-state index in [-0.39, 0.29) is 18.7 Å². The Morgan fingerprint density at radius 2 is 1.92 bits per heavy atom. The molecule has 2 rings (SSSR count). The minimum atomic E-state index is -0.653. The van der Waals surface area contributed by atoms with Crippen LogP contribution in [0.5, 0.6) is 0 Å². The number of carbonyl (C=O) groups is 1. The summed E-state index contributed by atoms with van der Waals surface area (Å²) in [7, 11) is 0. The Morgan fingerprint density at radius 1 is 1.20 bits per heavy atom. The third kappa shape index (κ3) is 5.26. The van der Waals surface area contributed by atoms with Crippen LogP contribution < -0.4 is 5.32 Å². The van der Waals surface area contributed by atoms with Crippen molar-refractivity contribution < 1.29 is 18.7 Å². The molecule has 0 fully saturated rings. The van der Waals surface area contributed by atoms with E-state index >= 15 is 0 Å². The number of urea groups is 1. The molecule has 0 bridgehead atoms. The summed E-state index contributed by atoms with van der Waals surface area (Å²) in [4.78, 5) is 14.0. The molecular weight excluding hydrogens is 326 g/mol. The van der Waals surface area contributed by atoms with E-state index in [1.165, 1.54) is 4.90 Å². The fraction of sp³-hybridized carbons (Fsp3) is 0.316. The van der Waals surface area contributed by atoms with Crippen molar-refractivity contribution in [2.45, 2.75) is 25.9 Å². The molecule has 0 heterocycles. The van der Waals surface area contributed by atoms with Crippen LogP contribution in [-0.2, 0) is 6.54 Å². The van der Waals surface area contributed by atoms with Crippen LogP contribution >= 0.6 is 0 Å². The number of nitrogens with zero attached hydrogens (tertiary/aromatic N) is 1. The molecule has 6 heteroatoms. The first-order chi connectivity index (χ1) is 12.0. The number of benzene rings is 2. The van der Waals surface area contributed by atoms with Crippen molar-refractivity contribution in [3.8, 4) is 0 Å². The Labute approximate surface area is 146 Å². The smallest absolute Gasteiger partial charge is 0.318 e. The molecule has 0 aliphatic carbocycles. The van der Waals surface area contributed by atoms with Crippen LogP contribution in [0.15, 0.2) is 48.5 Å². The predicted octanol–water partition coefficient (Wildman–Crippen LogP) is 3.62. The van der Waals surface area contributed by atoms with Gasteiger partial charge in [-0.15, -0.1) is 0 Å². The summed E-state index contributed by atoms with van der Waals surface area (Å²) >= 11 is 0. The van der Waals surface area contributed by atoms with Crippen molar-refractivity contribution in [3.63, 3.8) is 0 Å². The first-order valence-electron chi connectivity index (χ1n) is 8.20. The minimum Gasteiger partial charge on any atom is -0.395 e. The lowest BCUT2D eigenvalue weighted by atomic mass is 10.0. The summed E-state index contributed by atoms with van der Waals surface area (Å²) in [6.07, 6.45) is 0.407. The van der Waals surface area contributed by atoms with Crippen LogP contribution in [-0.4, -0.2) is 29.2 Å². The van der Waals surface area contributed by atoms with E-state index in [0.717, 1.165) is 23.8 Å². The molecule has 2 aromatic carbocycles. The van der Waals surface area contributed by atoms with Crippen LogP contribution in [0.2, 0.25) is 0 Å². The molecule has 2 N–H and O–H groups in total. The monoisotopic (exact) mass is 348 g/mol. The lowest BCUT2D eigenvalue weighted by molar-refractivity contribution is 0.170. The number of aliphatic hydroxyl groups is 1. The fourth-order valence-corrected chi connectivity index (χ4v) is 2.60. The summed E-state index contributed by atoms with van der Waals surface area (Å²) < 4.78 is 27.4. The second kappa shape index (κ2) is 9.13. The average molecular weight is 348 g/mol. The van der Waals surface area contributed by atoms with E-state index in [1.54, 1.807) is 6.92 Å². The summed E-state index contributed by atoms with van der Waals surface area (Å²) in [5, 5.41) is 11.9. The lowest BCUT2D eigenvalue weighted by Crippen LogP contribution is -2.42. The van der Waals surface area contributed by atoms with Crippen LogP contribution in [0.25, 0.3) is 0 Å². The summed E-state index contributed by atoms with van der Waals surface area (Å²) in [5.74, 6) is -1.12. The molecule has 1 unspecified atom stereocenters. The van der Waals surface area contributed by atoms with Crippen molar-refractivity contribution in [2.75, 3.05) is 13.2 Å². The molecule has 134 valence electrons. The van der Waals surface area contributed by atoms with E-state index in [9.17, 15) is 18.7 Å². The largest absolute Gasteiger partial charge is 0.395 e. The topological polar surface area (TPSA) is 52.6 Å². The Kier molecular flexibility index (Phi) is 6.89. The van der Waals surface area contributed by atoms with Gasteiger partial charge in [-0.3, -0.25) is 0 Å². The second-order valence-electron chi connectivity index (χ2n) is 5.71. The lowest BCUT2D eigenvalue weighted by Gasteiger charge is -2.26. The minimum absolute atomic E-state index is 0.111. The number of aliphatic hydroxyl groups excluding tert-OH is 1. The van der Waals surface area contributed by atoms with Crippen LogP contribution in [0.1, 0.15) is 30.5 Å². The highest BCUT2D eigenvalue weighted by molar-refractivity contribution is 5.74. The SMILES string of the molecule is CCC(NC(=O)N(CCO)Cc1ccccc1)c1cc(F)ccc1F. The van der Waals surface area contributed by atoms with E-state index in [2.05, 4.69) is 5.32 Å². The van der Waals surface area contributed by atoms with Gasteiger partial charge in [-0.05, 0) is 30.2 Å². The van der Waals surface area contributed by atoms with Crippen molar-refractivity contribution in [1.29, 1.82) is 0 Å². The van der Waals surface area contributed by atoms with Gasteiger partial charge in [-0.1, -0.05) is 37.3 Å². The van der Waals surface area contributed by atoms with Gasteiger partial charge >= 0.3 is 6.03 Å². The Balaban J connectivity index is 2.13. The van der Waals surface area contributed by atoms with Crippen LogP contribution in [0, 0.1) is 11.6 Å². The number of nitrogens with one attached hydrogen (secondary N) is 1. The molecule has 0 aromatic heterocycles. The molecule has 0 saturated carbocycles. The zero-order chi connectivity index (χ0) is 18.2. The Hall–Kier alpha value is -2.47.